The zero-order valence-corrected chi connectivity index (χ0v) is 13.2. The zero-order chi connectivity index (χ0) is 15.8. The van der Waals surface area contributed by atoms with Crippen molar-refractivity contribution in [1.82, 2.24) is 10.1 Å². The molecular formula is C15H21N3O3S. The van der Waals surface area contributed by atoms with E-state index in [9.17, 15) is 13.2 Å². The largest absolute Gasteiger partial charge is 0.272 e. The van der Waals surface area contributed by atoms with Crippen LogP contribution in [0.1, 0.15) is 38.5 Å². The Morgan fingerprint density at radius 3 is 2.32 bits per heavy atom. The van der Waals surface area contributed by atoms with Crippen LogP contribution >= 0.6 is 0 Å². The van der Waals surface area contributed by atoms with Gasteiger partial charge >= 0.3 is 0 Å². The van der Waals surface area contributed by atoms with E-state index < -0.39 is 15.9 Å². The number of carbonyl (C=O) groups is 1. The van der Waals surface area contributed by atoms with E-state index in [0.717, 1.165) is 31.4 Å². The fraction of sp³-hybridized carbons (Fsp3) is 0.467. The average Bonchev–Trinajstić information content (AvgIpc) is 2.80. The molecule has 0 bridgehead atoms. The van der Waals surface area contributed by atoms with E-state index in [1.165, 1.54) is 25.0 Å². The van der Waals surface area contributed by atoms with Crippen molar-refractivity contribution in [1.29, 1.82) is 0 Å². The van der Waals surface area contributed by atoms with Crippen molar-refractivity contribution in [3.05, 3.63) is 30.3 Å². The van der Waals surface area contributed by atoms with Crippen LogP contribution < -0.4 is 10.1 Å². The molecule has 0 heterocycles. The molecule has 1 aromatic rings. The zero-order valence-electron chi connectivity index (χ0n) is 12.4. The third-order valence-electron chi connectivity index (χ3n) is 3.50. The standard InChI is InChI=1S/C15H21N3O3S/c19-15(18-17-13-8-4-1-2-5-9-13)12-16-22(20,21)14-10-6-3-7-11-14/h3,6-7,10-11,16H,1-2,4-5,8-9,12H2,(H,18,19). The number of carbonyl (C=O) groups excluding carboxylic acids is 1. The molecule has 0 spiro atoms. The first kappa shape index (κ1) is 16.6. The molecule has 2 rings (SSSR count). The molecule has 0 unspecified atom stereocenters. The van der Waals surface area contributed by atoms with Crippen molar-refractivity contribution in [3.63, 3.8) is 0 Å². The van der Waals surface area contributed by atoms with Gasteiger partial charge in [0.2, 0.25) is 10.0 Å². The van der Waals surface area contributed by atoms with E-state index in [-0.39, 0.29) is 11.4 Å². The Morgan fingerprint density at radius 2 is 1.68 bits per heavy atom. The first-order valence-electron chi connectivity index (χ1n) is 7.47. The van der Waals surface area contributed by atoms with Crippen molar-refractivity contribution in [3.8, 4) is 0 Å². The van der Waals surface area contributed by atoms with Crippen LogP contribution in [0.5, 0.6) is 0 Å². The van der Waals surface area contributed by atoms with E-state index >= 15 is 0 Å². The molecule has 2 N–H and O–H groups in total. The molecule has 0 aliphatic heterocycles. The summed E-state index contributed by atoms with van der Waals surface area (Å²) in [6.07, 6.45) is 6.38. The predicted molar refractivity (Wildman–Crippen MR) is 84.9 cm³/mol. The highest BCUT2D eigenvalue weighted by Gasteiger charge is 2.14. The van der Waals surface area contributed by atoms with Crippen LogP contribution in [0.2, 0.25) is 0 Å². The second-order valence-electron chi connectivity index (χ2n) is 5.26. The first-order chi connectivity index (χ1) is 10.6. The molecule has 1 aliphatic carbocycles. The summed E-state index contributed by atoms with van der Waals surface area (Å²) in [4.78, 5) is 11.8. The molecule has 1 fully saturated rings. The van der Waals surface area contributed by atoms with Crippen LogP contribution in [0.3, 0.4) is 0 Å². The van der Waals surface area contributed by atoms with Crippen molar-refractivity contribution in [2.75, 3.05) is 6.54 Å². The van der Waals surface area contributed by atoms with Gasteiger partial charge in [-0.15, -0.1) is 0 Å². The molecule has 0 aromatic heterocycles. The molecule has 1 aliphatic rings. The quantitative estimate of drug-likeness (QED) is 0.639. The van der Waals surface area contributed by atoms with E-state index in [1.807, 2.05) is 0 Å². The van der Waals surface area contributed by atoms with Crippen LogP contribution in [0.15, 0.2) is 40.3 Å². The molecule has 1 aromatic carbocycles. The number of hydrogen-bond acceptors (Lipinski definition) is 4. The lowest BCUT2D eigenvalue weighted by Crippen LogP contribution is -2.35. The second kappa shape index (κ2) is 8.05. The Morgan fingerprint density at radius 1 is 1.05 bits per heavy atom. The fourth-order valence-electron chi connectivity index (χ4n) is 2.27. The van der Waals surface area contributed by atoms with Crippen LogP contribution in [0, 0.1) is 0 Å². The van der Waals surface area contributed by atoms with Gasteiger partial charge in [0.1, 0.15) is 0 Å². The van der Waals surface area contributed by atoms with Gasteiger partial charge in [0.05, 0.1) is 11.4 Å². The lowest BCUT2D eigenvalue weighted by molar-refractivity contribution is -0.119. The molecule has 7 heteroatoms. The average molecular weight is 323 g/mol. The number of nitrogens with zero attached hydrogens (tertiary/aromatic N) is 1. The van der Waals surface area contributed by atoms with Gasteiger partial charge in [-0.05, 0) is 37.8 Å². The van der Waals surface area contributed by atoms with E-state index in [4.69, 9.17) is 0 Å². The van der Waals surface area contributed by atoms with Gasteiger partial charge in [0.15, 0.2) is 0 Å². The molecule has 0 atom stereocenters. The van der Waals surface area contributed by atoms with E-state index in [0.29, 0.717) is 0 Å². The van der Waals surface area contributed by atoms with E-state index in [2.05, 4.69) is 15.2 Å². The third-order valence-corrected chi connectivity index (χ3v) is 4.91. The normalized spacial score (nSPS) is 15.9. The van der Waals surface area contributed by atoms with Gasteiger partial charge in [-0.1, -0.05) is 31.0 Å². The maximum atomic E-state index is 12.0. The minimum Gasteiger partial charge on any atom is -0.272 e. The first-order valence-corrected chi connectivity index (χ1v) is 8.95. The highest BCUT2D eigenvalue weighted by molar-refractivity contribution is 7.89. The Labute approximate surface area is 131 Å². The second-order valence-corrected chi connectivity index (χ2v) is 7.03. The maximum Gasteiger partial charge on any atom is 0.255 e. The molecule has 120 valence electrons. The summed E-state index contributed by atoms with van der Waals surface area (Å²) in [5.74, 6) is -0.462. The fourth-order valence-corrected chi connectivity index (χ4v) is 3.28. The molecule has 1 saturated carbocycles. The lowest BCUT2D eigenvalue weighted by Gasteiger charge is -2.06. The summed E-state index contributed by atoms with van der Waals surface area (Å²) in [6.45, 7) is -0.325. The molecule has 6 nitrogen and oxygen atoms in total. The van der Waals surface area contributed by atoms with Gasteiger partial charge in [0, 0.05) is 5.71 Å². The number of nitrogens with one attached hydrogen (secondary N) is 2. The van der Waals surface area contributed by atoms with Crippen LogP contribution in [0.4, 0.5) is 0 Å². The summed E-state index contributed by atoms with van der Waals surface area (Å²) in [5, 5.41) is 4.10. The Balaban J connectivity index is 1.83. The molecule has 0 radical (unpaired) electrons. The number of benzene rings is 1. The molecule has 22 heavy (non-hydrogen) atoms. The molecule has 0 saturated heterocycles. The topological polar surface area (TPSA) is 87.6 Å². The van der Waals surface area contributed by atoms with Crippen molar-refractivity contribution in [2.45, 2.75) is 43.4 Å². The van der Waals surface area contributed by atoms with Gasteiger partial charge in [0.25, 0.3) is 5.91 Å². The van der Waals surface area contributed by atoms with Crippen LogP contribution in [-0.4, -0.2) is 26.6 Å². The predicted octanol–water partition coefficient (Wildman–Crippen LogP) is 1.79. The molecular weight excluding hydrogens is 302 g/mol. The summed E-state index contributed by atoms with van der Waals surface area (Å²) in [5.41, 5.74) is 3.41. The monoisotopic (exact) mass is 323 g/mol. The number of rotatable bonds is 5. The van der Waals surface area contributed by atoms with Crippen molar-refractivity contribution < 1.29 is 13.2 Å². The Kier molecular flexibility index (Phi) is 6.09. The highest BCUT2D eigenvalue weighted by atomic mass is 32.2. The summed E-state index contributed by atoms with van der Waals surface area (Å²) < 4.78 is 26.2. The third kappa shape index (κ3) is 5.23. The van der Waals surface area contributed by atoms with Gasteiger partial charge in [-0.3, -0.25) is 4.79 Å². The van der Waals surface area contributed by atoms with Crippen molar-refractivity contribution >= 4 is 21.6 Å². The van der Waals surface area contributed by atoms with Crippen LogP contribution in [0.25, 0.3) is 0 Å². The van der Waals surface area contributed by atoms with Gasteiger partial charge in [-0.25, -0.2) is 18.6 Å². The Bertz CT molecular complexity index is 617. The smallest absolute Gasteiger partial charge is 0.255 e. The number of amides is 1. The summed E-state index contributed by atoms with van der Waals surface area (Å²) in [7, 11) is -3.66. The highest BCUT2D eigenvalue weighted by Crippen LogP contribution is 2.14. The maximum absolute atomic E-state index is 12.0. The number of hydrogen-bond donors (Lipinski definition) is 2. The van der Waals surface area contributed by atoms with Crippen molar-refractivity contribution in [2.24, 2.45) is 5.10 Å². The SMILES string of the molecule is O=C(CNS(=O)(=O)c1ccccc1)NN=C1CCCCCC1. The Hall–Kier alpha value is -1.73. The number of hydrazone groups is 1. The summed E-state index contributed by atoms with van der Waals surface area (Å²) >= 11 is 0. The molecule has 1 amide bonds. The van der Waals surface area contributed by atoms with E-state index in [1.54, 1.807) is 18.2 Å². The van der Waals surface area contributed by atoms with Gasteiger partial charge < -0.3 is 0 Å². The lowest BCUT2D eigenvalue weighted by atomic mass is 10.2. The minimum atomic E-state index is -3.66. The minimum absolute atomic E-state index is 0.137. The van der Waals surface area contributed by atoms with Gasteiger partial charge in [-0.2, -0.15) is 5.10 Å². The van der Waals surface area contributed by atoms with Crippen LogP contribution in [-0.2, 0) is 14.8 Å². The summed E-state index contributed by atoms with van der Waals surface area (Å²) in [6, 6.07) is 7.95. The number of sulfonamides is 1.